The van der Waals surface area contributed by atoms with Crippen LogP contribution in [0.4, 0.5) is 0 Å². The second-order valence-corrected chi connectivity index (χ2v) is 5.86. The molecule has 0 bridgehead atoms. The quantitative estimate of drug-likeness (QED) is 0.792. The van der Waals surface area contributed by atoms with Crippen molar-refractivity contribution in [3.63, 3.8) is 0 Å². The average Bonchev–Trinajstić information content (AvgIpc) is 2.28. The Morgan fingerprint density at radius 2 is 2.06 bits per heavy atom. The first kappa shape index (κ1) is 14.5. The molecule has 1 saturated carbocycles. The number of amides is 1. The summed E-state index contributed by atoms with van der Waals surface area (Å²) in [7, 11) is 0. The van der Waals surface area contributed by atoms with Gasteiger partial charge in [-0.3, -0.25) is 4.79 Å². The molecule has 3 N–H and O–H groups in total. The zero-order chi connectivity index (χ0) is 13.0. The highest BCUT2D eigenvalue weighted by Gasteiger charge is 2.33. The van der Waals surface area contributed by atoms with Crippen LogP contribution in [-0.4, -0.2) is 18.0 Å². The number of carbonyl (C=O) groups is 1. The molecule has 1 aliphatic rings. The maximum atomic E-state index is 12.2. The summed E-state index contributed by atoms with van der Waals surface area (Å²) in [6.07, 6.45) is 4.23. The zero-order valence-corrected chi connectivity index (χ0v) is 11.7. The van der Waals surface area contributed by atoms with Crippen molar-refractivity contribution in [1.29, 1.82) is 0 Å². The summed E-state index contributed by atoms with van der Waals surface area (Å²) in [6, 6.07) is 0.320. The van der Waals surface area contributed by atoms with Gasteiger partial charge in [-0.25, -0.2) is 0 Å². The second kappa shape index (κ2) is 6.39. The van der Waals surface area contributed by atoms with Crippen molar-refractivity contribution < 1.29 is 4.79 Å². The van der Waals surface area contributed by atoms with E-state index >= 15 is 0 Å². The van der Waals surface area contributed by atoms with E-state index in [1.54, 1.807) is 0 Å². The van der Waals surface area contributed by atoms with Gasteiger partial charge in [0.2, 0.25) is 5.91 Å². The van der Waals surface area contributed by atoms with Crippen molar-refractivity contribution >= 4 is 5.91 Å². The lowest BCUT2D eigenvalue weighted by molar-refractivity contribution is -0.128. The highest BCUT2D eigenvalue weighted by molar-refractivity contribution is 5.79. The van der Waals surface area contributed by atoms with E-state index in [1.807, 2.05) is 0 Å². The fourth-order valence-electron chi connectivity index (χ4n) is 2.78. The van der Waals surface area contributed by atoms with Crippen molar-refractivity contribution in [2.75, 3.05) is 0 Å². The zero-order valence-electron chi connectivity index (χ0n) is 11.7. The molecule has 0 aromatic rings. The van der Waals surface area contributed by atoms with E-state index in [2.05, 4.69) is 33.0 Å². The van der Waals surface area contributed by atoms with E-state index in [0.29, 0.717) is 11.8 Å². The van der Waals surface area contributed by atoms with Crippen LogP contribution in [0.2, 0.25) is 0 Å². The molecule has 4 atom stereocenters. The van der Waals surface area contributed by atoms with Crippen LogP contribution in [0.1, 0.15) is 53.4 Å². The first-order valence-electron chi connectivity index (χ1n) is 7.03. The lowest BCUT2D eigenvalue weighted by atomic mass is 9.77. The van der Waals surface area contributed by atoms with Gasteiger partial charge in [0.15, 0.2) is 0 Å². The van der Waals surface area contributed by atoms with Gasteiger partial charge in [0, 0.05) is 12.1 Å². The van der Waals surface area contributed by atoms with Crippen LogP contribution < -0.4 is 11.1 Å². The van der Waals surface area contributed by atoms with Gasteiger partial charge in [-0.2, -0.15) is 0 Å². The van der Waals surface area contributed by atoms with Gasteiger partial charge < -0.3 is 11.1 Å². The van der Waals surface area contributed by atoms with E-state index < -0.39 is 0 Å². The predicted octanol–water partition coefficient (Wildman–Crippen LogP) is 2.30. The molecule has 3 heteroatoms. The number of hydrogen-bond acceptors (Lipinski definition) is 2. The number of hydrogen-bond donors (Lipinski definition) is 2. The molecule has 0 aromatic carbocycles. The van der Waals surface area contributed by atoms with Crippen LogP contribution in [0.25, 0.3) is 0 Å². The molecular weight excluding hydrogens is 212 g/mol. The first-order chi connectivity index (χ1) is 7.97. The summed E-state index contributed by atoms with van der Waals surface area (Å²) in [5.41, 5.74) is 6.16. The molecule has 17 heavy (non-hydrogen) atoms. The third-order valence-electron chi connectivity index (χ3n) is 4.21. The molecular formula is C14H28N2O. The largest absolute Gasteiger partial charge is 0.353 e. The van der Waals surface area contributed by atoms with Gasteiger partial charge >= 0.3 is 0 Å². The molecule has 0 aliphatic heterocycles. The highest BCUT2D eigenvalue weighted by Crippen LogP contribution is 2.28. The molecule has 0 radical (unpaired) electrons. The predicted molar refractivity (Wildman–Crippen MR) is 71.5 cm³/mol. The van der Waals surface area contributed by atoms with Crippen LogP contribution in [0.15, 0.2) is 0 Å². The summed E-state index contributed by atoms with van der Waals surface area (Å²) >= 11 is 0. The van der Waals surface area contributed by atoms with E-state index in [4.69, 9.17) is 5.73 Å². The van der Waals surface area contributed by atoms with Gasteiger partial charge in [0.1, 0.15) is 0 Å². The van der Waals surface area contributed by atoms with Gasteiger partial charge in [0.05, 0.1) is 5.92 Å². The van der Waals surface area contributed by atoms with Crippen molar-refractivity contribution in [2.45, 2.75) is 65.5 Å². The number of nitrogens with one attached hydrogen (secondary N) is 1. The van der Waals surface area contributed by atoms with Gasteiger partial charge in [-0.1, -0.05) is 34.1 Å². The molecule has 1 rings (SSSR count). The van der Waals surface area contributed by atoms with Gasteiger partial charge in [-0.05, 0) is 31.1 Å². The Bertz CT molecular complexity index is 253. The summed E-state index contributed by atoms with van der Waals surface area (Å²) in [5, 5.41) is 3.17. The van der Waals surface area contributed by atoms with Crippen LogP contribution >= 0.6 is 0 Å². The molecule has 0 aromatic heterocycles. The Kier molecular flexibility index (Phi) is 5.44. The number of nitrogens with two attached hydrogens (primary N) is 1. The maximum Gasteiger partial charge on any atom is 0.224 e. The SMILES string of the molecule is CCC(NC(=O)C1CCCC(C)C1N)C(C)C. The topological polar surface area (TPSA) is 55.1 Å². The monoisotopic (exact) mass is 240 g/mol. The lowest BCUT2D eigenvalue weighted by Gasteiger charge is -2.34. The van der Waals surface area contributed by atoms with E-state index in [-0.39, 0.29) is 23.9 Å². The van der Waals surface area contributed by atoms with Crippen molar-refractivity contribution in [1.82, 2.24) is 5.32 Å². The third-order valence-corrected chi connectivity index (χ3v) is 4.21. The molecule has 4 unspecified atom stereocenters. The maximum absolute atomic E-state index is 12.2. The Labute approximate surface area is 106 Å². The van der Waals surface area contributed by atoms with Crippen LogP contribution in [-0.2, 0) is 4.79 Å². The minimum Gasteiger partial charge on any atom is -0.353 e. The van der Waals surface area contributed by atoms with Crippen molar-refractivity contribution in [2.24, 2.45) is 23.5 Å². The fraction of sp³-hybridized carbons (Fsp3) is 0.929. The van der Waals surface area contributed by atoms with Crippen molar-refractivity contribution in [3.05, 3.63) is 0 Å². The third kappa shape index (κ3) is 3.70. The summed E-state index contributed by atoms with van der Waals surface area (Å²) in [4.78, 5) is 12.2. The smallest absolute Gasteiger partial charge is 0.224 e. The second-order valence-electron chi connectivity index (χ2n) is 5.86. The summed E-state index contributed by atoms with van der Waals surface area (Å²) < 4.78 is 0. The Morgan fingerprint density at radius 1 is 1.41 bits per heavy atom. The van der Waals surface area contributed by atoms with E-state index in [0.717, 1.165) is 25.7 Å². The molecule has 0 heterocycles. The standard InChI is InChI=1S/C14H28N2O/c1-5-12(9(2)3)16-14(17)11-8-6-7-10(4)13(11)15/h9-13H,5-8,15H2,1-4H3,(H,16,17). The van der Waals surface area contributed by atoms with Crippen molar-refractivity contribution in [3.8, 4) is 0 Å². The van der Waals surface area contributed by atoms with Gasteiger partial charge in [0.25, 0.3) is 0 Å². The lowest BCUT2D eigenvalue weighted by Crippen LogP contribution is -2.50. The molecule has 100 valence electrons. The first-order valence-corrected chi connectivity index (χ1v) is 7.03. The number of rotatable bonds is 4. The minimum atomic E-state index is 0.0200. The highest BCUT2D eigenvalue weighted by atomic mass is 16.2. The molecule has 3 nitrogen and oxygen atoms in total. The Hall–Kier alpha value is -0.570. The van der Waals surface area contributed by atoms with Crippen LogP contribution in [0.5, 0.6) is 0 Å². The summed E-state index contributed by atoms with van der Waals surface area (Å²) in [5.74, 6) is 1.15. The van der Waals surface area contributed by atoms with Gasteiger partial charge in [-0.15, -0.1) is 0 Å². The fourth-order valence-corrected chi connectivity index (χ4v) is 2.78. The van der Waals surface area contributed by atoms with Crippen LogP contribution in [0, 0.1) is 17.8 Å². The van der Waals surface area contributed by atoms with Crippen LogP contribution in [0.3, 0.4) is 0 Å². The average molecular weight is 240 g/mol. The normalized spacial score (nSPS) is 31.3. The molecule has 1 amide bonds. The molecule has 1 fully saturated rings. The van der Waals surface area contributed by atoms with E-state index in [1.165, 1.54) is 0 Å². The Balaban J connectivity index is 2.56. The molecule has 0 spiro atoms. The van der Waals surface area contributed by atoms with E-state index in [9.17, 15) is 4.79 Å². The Morgan fingerprint density at radius 3 is 2.59 bits per heavy atom. The molecule has 1 aliphatic carbocycles. The molecule has 0 saturated heterocycles. The minimum absolute atomic E-state index is 0.0200. The summed E-state index contributed by atoms with van der Waals surface area (Å²) in [6.45, 7) is 8.58. The number of carbonyl (C=O) groups excluding carboxylic acids is 1.